The van der Waals surface area contributed by atoms with Gasteiger partial charge in [-0.3, -0.25) is 9.78 Å². The van der Waals surface area contributed by atoms with E-state index in [1.807, 2.05) is 30.1 Å². The average Bonchev–Trinajstić information content (AvgIpc) is 2.46. The predicted molar refractivity (Wildman–Crippen MR) is 77.2 cm³/mol. The molecule has 0 atom stereocenters. The van der Waals surface area contributed by atoms with E-state index >= 15 is 0 Å². The molecule has 4 saturated carbocycles. The molecule has 3 heteroatoms. The summed E-state index contributed by atoms with van der Waals surface area (Å²) in [4.78, 5) is 18.9. The van der Waals surface area contributed by atoms with Crippen LogP contribution >= 0.6 is 0 Å². The average molecular weight is 270 g/mol. The van der Waals surface area contributed by atoms with Gasteiger partial charge in [-0.2, -0.15) is 0 Å². The maximum Gasteiger partial charge on any atom is 0.272 e. The van der Waals surface area contributed by atoms with Crippen LogP contribution in [-0.2, 0) is 0 Å². The van der Waals surface area contributed by atoms with Gasteiger partial charge in [-0.25, -0.2) is 0 Å². The molecule has 3 nitrogen and oxygen atoms in total. The molecule has 4 aliphatic carbocycles. The lowest BCUT2D eigenvalue weighted by molar-refractivity contribution is -0.0492. The van der Waals surface area contributed by atoms with E-state index in [1.165, 1.54) is 32.1 Å². The molecule has 0 aromatic carbocycles. The third-order valence-electron chi connectivity index (χ3n) is 5.83. The molecule has 4 aliphatic rings. The van der Waals surface area contributed by atoms with E-state index in [4.69, 9.17) is 0 Å². The van der Waals surface area contributed by atoms with Crippen LogP contribution in [0, 0.1) is 23.7 Å². The Morgan fingerprint density at radius 1 is 1.10 bits per heavy atom. The summed E-state index contributed by atoms with van der Waals surface area (Å²) in [6.45, 7) is 0. The van der Waals surface area contributed by atoms with Gasteiger partial charge in [0.15, 0.2) is 0 Å². The second kappa shape index (κ2) is 4.57. The van der Waals surface area contributed by atoms with Crippen molar-refractivity contribution in [1.29, 1.82) is 0 Å². The second-order valence-electron chi connectivity index (χ2n) is 7.05. The summed E-state index contributed by atoms with van der Waals surface area (Å²) in [5, 5.41) is 0. The highest BCUT2D eigenvalue weighted by atomic mass is 16.2. The summed E-state index contributed by atoms with van der Waals surface area (Å²) < 4.78 is 0. The minimum atomic E-state index is 0.100. The molecule has 1 amide bonds. The van der Waals surface area contributed by atoms with Crippen LogP contribution < -0.4 is 0 Å². The van der Waals surface area contributed by atoms with Crippen LogP contribution in [0.5, 0.6) is 0 Å². The van der Waals surface area contributed by atoms with Crippen LogP contribution in [0.3, 0.4) is 0 Å². The third kappa shape index (κ3) is 1.87. The van der Waals surface area contributed by atoms with Crippen LogP contribution in [0.25, 0.3) is 0 Å². The van der Waals surface area contributed by atoms with Gasteiger partial charge < -0.3 is 4.90 Å². The highest BCUT2D eigenvalue weighted by Crippen LogP contribution is 2.55. The van der Waals surface area contributed by atoms with Gasteiger partial charge in [-0.05, 0) is 67.9 Å². The first-order valence-electron chi connectivity index (χ1n) is 7.90. The fourth-order valence-corrected chi connectivity index (χ4v) is 5.33. The Kier molecular flexibility index (Phi) is 2.83. The molecule has 4 bridgehead atoms. The van der Waals surface area contributed by atoms with Gasteiger partial charge in [-0.1, -0.05) is 6.07 Å². The van der Waals surface area contributed by atoms with E-state index in [1.54, 1.807) is 6.20 Å². The zero-order valence-electron chi connectivity index (χ0n) is 12.0. The lowest BCUT2D eigenvalue weighted by atomic mass is 9.54. The van der Waals surface area contributed by atoms with Crippen LogP contribution in [0.2, 0.25) is 0 Å². The fourth-order valence-electron chi connectivity index (χ4n) is 5.33. The molecule has 0 saturated heterocycles. The normalized spacial score (nSPS) is 38.0. The molecular weight excluding hydrogens is 248 g/mol. The summed E-state index contributed by atoms with van der Waals surface area (Å²) in [6, 6.07) is 6.04. The summed E-state index contributed by atoms with van der Waals surface area (Å²) in [5.74, 6) is 3.48. The van der Waals surface area contributed by atoms with Gasteiger partial charge in [0.05, 0.1) is 0 Å². The quantitative estimate of drug-likeness (QED) is 0.827. The molecule has 106 valence electrons. The van der Waals surface area contributed by atoms with Crippen molar-refractivity contribution in [3.8, 4) is 0 Å². The molecule has 0 radical (unpaired) electrons. The van der Waals surface area contributed by atoms with Crippen molar-refractivity contribution in [3.05, 3.63) is 30.1 Å². The molecule has 1 aromatic rings. The molecule has 5 rings (SSSR count). The Morgan fingerprint density at radius 2 is 1.75 bits per heavy atom. The zero-order valence-corrected chi connectivity index (χ0v) is 12.0. The first-order valence-corrected chi connectivity index (χ1v) is 7.90. The molecule has 1 heterocycles. The van der Waals surface area contributed by atoms with E-state index < -0.39 is 0 Å². The highest BCUT2D eigenvalue weighted by molar-refractivity contribution is 5.92. The summed E-state index contributed by atoms with van der Waals surface area (Å²) in [5.41, 5.74) is 0.587. The molecule has 0 unspecified atom stereocenters. The maximum atomic E-state index is 12.6. The number of carbonyl (C=O) groups excluding carboxylic acids is 1. The smallest absolute Gasteiger partial charge is 0.272 e. The Labute approximate surface area is 120 Å². The Balaban J connectivity index is 1.57. The number of nitrogens with zero attached hydrogens (tertiary/aromatic N) is 2. The molecule has 20 heavy (non-hydrogen) atoms. The van der Waals surface area contributed by atoms with Gasteiger partial charge in [0.25, 0.3) is 5.91 Å². The molecule has 0 spiro atoms. The van der Waals surface area contributed by atoms with Crippen LogP contribution in [-0.4, -0.2) is 28.9 Å². The lowest BCUT2D eigenvalue weighted by Gasteiger charge is -2.56. The van der Waals surface area contributed by atoms with Gasteiger partial charge in [0.2, 0.25) is 0 Å². The Hall–Kier alpha value is -1.38. The Bertz CT molecular complexity index is 485. The van der Waals surface area contributed by atoms with Crippen molar-refractivity contribution < 1.29 is 4.79 Å². The number of hydrogen-bond acceptors (Lipinski definition) is 2. The van der Waals surface area contributed by atoms with Crippen molar-refractivity contribution in [2.24, 2.45) is 23.7 Å². The monoisotopic (exact) mass is 270 g/mol. The van der Waals surface area contributed by atoms with E-state index in [0.717, 1.165) is 23.7 Å². The van der Waals surface area contributed by atoms with E-state index in [0.29, 0.717) is 11.7 Å². The van der Waals surface area contributed by atoms with Crippen LogP contribution in [0.1, 0.15) is 42.6 Å². The predicted octanol–water partition coefficient (Wildman–Crippen LogP) is 2.98. The van der Waals surface area contributed by atoms with Crippen LogP contribution in [0.15, 0.2) is 24.4 Å². The van der Waals surface area contributed by atoms with Gasteiger partial charge in [0, 0.05) is 19.3 Å². The number of amides is 1. The summed E-state index contributed by atoms with van der Waals surface area (Å²) >= 11 is 0. The van der Waals surface area contributed by atoms with E-state index in [9.17, 15) is 4.79 Å². The molecule has 1 aromatic heterocycles. The SMILES string of the molecule is CN(C(=O)c1ccccn1)C1C2CC3CC(C2)CC1C3. The minimum absolute atomic E-state index is 0.100. The number of pyridine rings is 1. The van der Waals surface area contributed by atoms with Crippen molar-refractivity contribution in [2.45, 2.75) is 38.1 Å². The minimum Gasteiger partial charge on any atom is -0.337 e. The molecule has 0 aliphatic heterocycles. The van der Waals surface area contributed by atoms with Crippen molar-refractivity contribution in [1.82, 2.24) is 9.88 Å². The highest BCUT2D eigenvalue weighted by Gasteiger charge is 2.50. The third-order valence-corrected chi connectivity index (χ3v) is 5.83. The largest absolute Gasteiger partial charge is 0.337 e. The lowest BCUT2D eigenvalue weighted by Crippen LogP contribution is -2.56. The fraction of sp³-hybridized carbons (Fsp3) is 0.647. The molecule has 4 fully saturated rings. The standard InChI is InChI=1S/C17H22N2O/c1-19(17(20)15-4-2-3-5-18-15)16-13-7-11-6-12(9-13)10-14(16)8-11/h2-5,11-14,16H,6-10H2,1H3. The van der Waals surface area contributed by atoms with Crippen LogP contribution in [0.4, 0.5) is 0 Å². The van der Waals surface area contributed by atoms with E-state index in [-0.39, 0.29) is 5.91 Å². The van der Waals surface area contributed by atoms with Crippen molar-refractivity contribution in [3.63, 3.8) is 0 Å². The van der Waals surface area contributed by atoms with Gasteiger partial charge in [0.1, 0.15) is 5.69 Å². The summed E-state index contributed by atoms with van der Waals surface area (Å²) in [6.07, 6.45) is 8.54. The number of rotatable bonds is 2. The van der Waals surface area contributed by atoms with E-state index in [2.05, 4.69) is 4.98 Å². The topological polar surface area (TPSA) is 33.2 Å². The molecule has 0 N–H and O–H groups in total. The first kappa shape index (κ1) is 12.4. The van der Waals surface area contributed by atoms with Gasteiger partial charge >= 0.3 is 0 Å². The number of aromatic nitrogens is 1. The zero-order chi connectivity index (χ0) is 13.7. The first-order chi connectivity index (χ1) is 9.72. The second-order valence-corrected chi connectivity index (χ2v) is 7.05. The summed E-state index contributed by atoms with van der Waals surface area (Å²) in [7, 11) is 1.99. The molecular formula is C17H22N2O. The van der Waals surface area contributed by atoms with Gasteiger partial charge in [-0.15, -0.1) is 0 Å². The Morgan fingerprint density at radius 3 is 2.30 bits per heavy atom. The number of carbonyl (C=O) groups is 1. The number of hydrogen-bond donors (Lipinski definition) is 0. The van der Waals surface area contributed by atoms with Crippen molar-refractivity contribution in [2.75, 3.05) is 7.05 Å². The van der Waals surface area contributed by atoms with Crippen molar-refractivity contribution >= 4 is 5.91 Å². The maximum absolute atomic E-state index is 12.6.